The molecule has 0 amide bonds. The summed E-state index contributed by atoms with van der Waals surface area (Å²) in [6.07, 6.45) is 0.959. The maximum Gasteiger partial charge on any atom is 0.0210 e. The molecule has 0 spiro atoms. The largest absolute Gasteiger partial charge is 0.330 e. The lowest BCUT2D eigenvalue weighted by atomic mass is 9.90. The Bertz CT molecular complexity index is 746. The summed E-state index contributed by atoms with van der Waals surface area (Å²) in [5, 5.41) is 2.61. The Morgan fingerprint density at radius 3 is 2.38 bits per heavy atom. The van der Waals surface area contributed by atoms with Crippen molar-refractivity contribution < 1.29 is 0 Å². The van der Waals surface area contributed by atoms with Gasteiger partial charge in [-0.3, -0.25) is 0 Å². The van der Waals surface area contributed by atoms with Gasteiger partial charge >= 0.3 is 0 Å². The molecule has 0 aliphatic carbocycles. The van der Waals surface area contributed by atoms with Crippen LogP contribution in [0.3, 0.4) is 0 Å². The molecule has 1 atom stereocenters. The van der Waals surface area contributed by atoms with Crippen molar-refractivity contribution in [3.8, 4) is 0 Å². The predicted octanol–water partition coefficient (Wildman–Crippen LogP) is 4.89. The first-order valence-electron chi connectivity index (χ1n) is 7.20. The molecule has 1 nitrogen and oxygen atoms in total. The summed E-state index contributed by atoms with van der Waals surface area (Å²) in [6, 6.07) is 23.4. The average Bonchev–Trinajstić information content (AvgIpc) is 2.53. The quantitative estimate of drug-likeness (QED) is 0.719. The zero-order valence-corrected chi connectivity index (χ0v) is 13.4. The number of fused-ring (bicyclic) bond motifs is 1. The maximum absolute atomic E-state index is 6.04. The highest BCUT2D eigenvalue weighted by atomic mass is 79.9. The molecule has 0 fully saturated rings. The van der Waals surface area contributed by atoms with E-state index in [0.29, 0.717) is 12.5 Å². The molecular weight excluding hydrogens is 322 g/mol. The SMILES string of the molecule is NCC(Cc1cccc2ccccc12)c1ccccc1Br. The first-order chi connectivity index (χ1) is 10.3. The summed E-state index contributed by atoms with van der Waals surface area (Å²) >= 11 is 3.65. The van der Waals surface area contributed by atoms with E-state index in [0.717, 1.165) is 10.9 Å². The van der Waals surface area contributed by atoms with E-state index in [1.807, 2.05) is 6.07 Å². The van der Waals surface area contributed by atoms with E-state index in [1.54, 1.807) is 0 Å². The summed E-state index contributed by atoms with van der Waals surface area (Å²) in [5.74, 6) is 0.325. The highest BCUT2D eigenvalue weighted by molar-refractivity contribution is 9.10. The van der Waals surface area contributed by atoms with Crippen LogP contribution in [-0.2, 0) is 6.42 Å². The Balaban J connectivity index is 1.98. The lowest BCUT2D eigenvalue weighted by Gasteiger charge is -2.18. The molecule has 3 aromatic carbocycles. The molecular formula is C19H18BrN. The molecule has 0 saturated carbocycles. The van der Waals surface area contributed by atoms with Gasteiger partial charge in [-0.1, -0.05) is 76.6 Å². The lowest BCUT2D eigenvalue weighted by Crippen LogP contribution is -2.15. The Morgan fingerprint density at radius 1 is 0.857 bits per heavy atom. The number of benzene rings is 3. The second-order valence-corrected chi connectivity index (χ2v) is 6.15. The number of hydrogen-bond acceptors (Lipinski definition) is 1. The van der Waals surface area contributed by atoms with Gasteiger partial charge in [-0.25, -0.2) is 0 Å². The van der Waals surface area contributed by atoms with Gasteiger partial charge in [0.1, 0.15) is 0 Å². The smallest absolute Gasteiger partial charge is 0.0210 e. The number of rotatable bonds is 4. The van der Waals surface area contributed by atoms with E-state index < -0.39 is 0 Å². The van der Waals surface area contributed by atoms with Gasteiger partial charge in [0.25, 0.3) is 0 Å². The predicted molar refractivity (Wildman–Crippen MR) is 93.6 cm³/mol. The highest BCUT2D eigenvalue weighted by Crippen LogP contribution is 2.29. The van der Waals surface area contributed by atoms with Crippen LogP contribution in [0, 0.1) is 0 Å². The molecule has 0 aromatic heterocycles. The van der Waals surface area contributed by atoms with Crippen molar-refractivity contribution in [3.05, 3.63) is 82.3 Å². The Kier molecular flexibility index (Phi) is 4.37. The standard InChI is InChI=1S/C19H18BrN/c20-19-11-4-3-10-18(19)16(13-21)12-15-8-5-7-14-6-1-2-9-17(14)15/h1-11,16H,12-13,21H2. The maximum atomic E-state index is 6.04. The monoisotopic (exact) mass is 339 g/mol. The minimum absolute atomic E-state index is 0.325. The van der Waals surface area contributed by atoms with Crippen molar-refractivity contribution in [2.24, 2.45) is 5.73 Å². The Hall–Kier alpha value is -1.64. The third-order valence-corrected chi connectivity index (χ3v) is 4.70. The van der Waals surface area contributed by atoms with Gasteiger partial charge in [-0.15, -0.1) is 0 Å². The molecule has 1 unspecified atom stereocenters. The van der Waals surface area contributed by atoms with Crippen LogP contribution in [0.1, 0.15) is 17.0 Å². The lowest BCUT2D eigenvalue weighted by molar-refractivity contribution is 0.694. The number of halogens is 1. The summed E-state index contributed by atoms with van der Waals surface area (Å²) in [7, 11) is 0. The number of hydrogen-bond donors (Lipinski definition) is 1. The molecule has 0 bridgehead atoms. The van der Waals surface area contributed by atoms with Crippen molar-refractivity contribution in [1.82, 2.24) is 0 Å². The molecule has 3 aromatic rings. The first-order valence-corrected chi connectivity index (χ1v) is 8.00. The van der Waals surface area contributed by atoms with Gasteiger partial charge in [0, 0.05) is 10.4 Å². The van der Waals surface area contributed by atoms with E-state index in [4.69, 9.17) is 5.73 Å². The summed E-state index contributed by atoms with van der Waals surface area (Å²) < 4.78 is 1.14. The van der Waals surface area contributed by atoms with Gasteiger partial charge in [0.15, 0.2) is 0 Å². The van der Waals surface area contributed by atoms with Crippen LogP contribution in [-0.4, -0.2) is 6.54 Å². The summed E-state index contributed by atoms with van der Waals surface area (Å²) in [6.45, 7) is 0.645. The van der Waals surface area contributed by atoms with Crippen LogP contribution < -0.4 is 5.73 Å². The number of nitrogens with two attached hydrogens (primary N) is 1. The molecule has 106 valence electrons. The van der Waals surface area contributed by atoms with Crippen LogP contribution in [0.25, 0.3) is 10.8 Å². The minimum atomic E-state index is 0.325. The molecule has 0 heterocycles. The van der Waals surface area contributed by atoms with Crippen molar-refractivity contribution in [3.63, 3.8) is 0 Å². The van der Waals surface area contributed by atoms with E-state index >= 15 is 0 Å². The van der Waals surface area contributed by atoms with Crippen molar-refractivity contribution in [2.75, 3.05) is 6.54 Å². The van der Waals surface area contributed by atoms with Crippen LogP contribution in [0.5, 0.6) is 0 Å². The van der Waals surface area contributed by atoms with Crippen LogP contribution in [0.2, 0.25) is 0 Å². The topological polar surface area (TPSA) is 26.0 Å². The second-order valence-electron chi connectivity index (χ2n) is 5.30. The first kappa shape index (κ1) is 14.3. The van der Waals surface area contributed by atoms with E-state index in [2.05, 4.69) is 76.6 Å². The minimum Gasteiger partial charge on any atom is -0.330 e. The van der Waals surface area contributed by atoms with Gasteiger partial charge < -0.3 is 5.73 Å². The highest BCUT2D eigenvalue weighted by Gasteiger charge is 2.14. The molecule has 0 aliphatic heterocycles. The fraction of sp³-hybridized carbons (Fsp3) is 0.158. The third-order valence-electron chi connectivity index (χ3n) is 3.98. The van der Waals surface area contributed by atoms with E-state index in [1.165, 1.54) is 21.9 Å². The van der Waals surface area contributed by atoms with Crippen molar-refractivity contribution >= 4 is 26.7 Å². The molecule has 2 heteroatoms. The zero-order valence-electron chi connectivity index (χ0n) is 11.8. The van der Waals surface area contributed by atoms with Gasteiger partial charge in [0.05, 0.1) is 0 Å². The zero-order chi connectivity index (χ0) is 14.7. The molecule has 0 aliphatic rings. The Morgan fingerprint density at radius 2 is 1.57 bits per heavy atom. The molecule has 2 N–H and O–H groups in total. The van der Waals surface area contributed by atoms with Crippen LogP contribution in [0.15, 0.2) is 71.2 Å². The summed E-state index contributed by atoms with van der Waals surface area (Å²) in [5.41, 5.74) is 8.69. The third kappa shape index (κ3) is 3.02. The average molecular weight is 340 g/mol. The van der Waals surface area contributed by atoms with E-state index in [-0.39, 0.29) is 0 Å². The molecule has 0 saturated heterocycles. The van der Waals surface area contributed by atoms with E-state index in [9.17, 15) is 0 Å². The van der Waals surface area contributed by atoms with Gasteiger partial charge in [-0.05, 0) is 40.9 Å². The van der Waals surface area contributed by atoms with Crippen LogP contribution in [0.4, 0.5) is 0 Å². The van der Waals surface area contributed by atoms with Crippen LogP contribution >= 0.6 is 15.9 Å². The van der Waals surface area contributed by atoms with Crippen molar-refractivity contribution in [1.29, 1.82) is 0 Å². The van der Waals surface area contributed by atoms with Gasteiger partial charge in [-0.2, -0.15) is 0 Å². The summed E-state index contributed by atoms with van der Waals surface area (Å²) in [4.78, 5) is 0. The molecule has 3 rings (SSSR count). The molecule has 21 heavy (non-hydrogen) atoms. The normalized spacial score (nSPS) is 12.5. The second kappa shape index (κ2) is 6.42. The fourth-order valence-corrected chi connectivity index (χ4v) is 3.47. The van der Waals surface area contributed by atoms with Crippen molar-refractivity contribution in [2.45, 2.75) is 12.3 Å². The van der Waals surface area contributed by atoms with Gasteiger partial charge in [0.2, 0.25) is 0 Å². The molecule has 0 radical (unpaired) electrons. The fourth-order valence-electron chi connectivity index (χ4n) is 2.86. The Labute approximate surface area is 133 Å².